The maximum Gasteiger partial charge on any atom is 0.262 e. The molecule has 0 atom stereocenters. The number of ether oxygens (including phenoxy) is 3. The van der Waals surface area contributed by atoms with Crippen LogP contribution in [0.2, 0.25) is 0 Å². The highest BCUT2D eigenvalue weighted by molar-refractivity contribution is 5.99. The van der Waals surface area contributed by atoms with Crippen molar-refractivity contribution in [1.29, 1.82) is 0 Å². The molecule has 0 saturated heterocycles. The first-order chi connectivity index (χ1) is 13.1. The fourth-order valence-electron chi connectivity index (χ4n) is 2.92. The Morgan fingerprint density at radius 2 is 2.00 bits per heavy atom. The number of anilines is 2. The summed E-state index contributed by atoms with van der Waals surface area (Å²) < 4.78 is 16.0. The van der Waals surface area contributed by atoms with E-state index in [1.165, 1.54) is 0 Å². The predicted molar refractivity (Wildman–Crippen MR) is 102 cm³/mol. The molecule has 2 amide bonds. The number of benzene rings is 2. The molecule has 7 heteroatoms. The molecule has 7 nitrogen and oxygen atoms in total. The van der Waals surface area contributed by atoms with E-state index in [-0.39, 0.29) is 18.4 Å². The van der Waals surface area contributed by atoms with Gasteiger partial charge in [-0.15, -0.1) is 0 Å². The summed E-state index contributed by atoms with van der Waals surface area (Å²) in [4.78, 5) is 23.7. The lowest BCUT2D eigenvalue weighted by molar-refractivity contribution is -0.118. The second-order valence-electron chi connectivity index (χ2n) is 6.11. The molecule has 0 unspecified atom stereocenters. The van der Waals surface area contributed by atoms with Gasteiger partial charge in [-0.2, -0.15) is 0 Å². The summed E-state index contributed by atoms with van der Waals surface area (Å²) >= 11 is 0. The van der Waals surface area contributed by atoms with Crippen LogP contribution in [0.1, 0.15) is 18.4 Å². The number of aryl methyl sites for hydroxylation is 1. The largest absolute Gasteiger partial charge is 0.493 e. The van der Waals surface area contributed by atoms with E-state index in [1.54, 1.807) is 32.4 Å². The van der Waals surface area contributed by atoms with E-state index >= 15 is 0 Å². The van der Waals surface area contributed by atoms with Crippen molar-refractivity contribution < 1.29 is 23.8 Å². The second-order valence-corrected chi connectivity index (χ2v) is 6.11. The number of methoxy groups -OCH3 is 2. The third-order valence-corrected chi connectivity index (χ3v) is 4.23. The molecule has 0 spiro atoms. The first-order valence-corrected chi connectivity index (χ1v) is 8.67. The average molecular weight is 370 g/mol. The van der Waals surface area contributed by atoms with Crippen molar-refractivity contribution in [2.45, 2.75) is 19.3 Å². The normalized spacial score (nSPS) is 12.4. The number of fused-ring (bicyclic) bond motifs is 1. The molecule has 0 aliphatic carbocycles. The van der Waals surface area contributed by atoms with E-state index in [1.807, 2.05) is 18.2 Å². The van der Waals surface area contributed by atoms with Crippen LogP contribution in [-0.2, 0) is 16.0 Å². The maximum absolute atomic E-state index is 12.3. The Labute approximate surface area is 157 Å². The zero-order valence-corrected chi connectivity index (χ0v) is 15.3. The maximum atomic E-state index is 12.3. The molecule has 1 aliphatic rings. The van der Waals surface area contributed by atoms with Crippen LogP contribution in [0.5, 0.6) is 17.2 Å². The Balaban J connectivity index is 1.55. The van der Waals surface area contributed by atoms with Gasteiger partial charge >= 0.3 is 0 Å². The third-order valence-electron chi connectivity index (χ3n) is 4.23. The highest BCUT2D eigenvalue weighted by atomic mass is 16.5. The van der Waals surface area contributed by atoms with Crippen molar-refractivity contribution in [3.63, 3.8) is 0 Å². The molecule has 0 fully saturated rings. The molecule has 1 heterocycles. The Morgan fingerprint density at radius 3 is 2.78 bits per heavy atom. The minimum atomic E-state index is -0.208. The highest BCUT2D eigenvalue weighted by Crippen LogP contribution is 2.35. The van der Waals surface area contributed by atoms with Gasteiger partial charge in [0.2, 0.25) is 5.91 Å². The van der Waals surface area contributed by atoms with Gasteiger partial charge in [0.15, 0.2) is 23.9 Å². The fraction of sp³-hybridized carbons (Fsp3) is 0.300. The first kappa shape index (κ1) is 18.6. The molecule has 0 aromatic heterocycles. The van der Waals surface area contributed by atoms with Crippen LogP contribution in [0.25, 0.3) is 0 Å². The lowest BCUT2D eigenvalue weighted by atomic mass is 10.1. The van der Waals surface area contributed by atoms with Gasteiger partial charge < -0.3 is 24.8 Å². The Hall–Kier alpha value is -3.22. The van der Waals surface area contributed by atoms with Gasteiger partial charge in [0.1, 0.15) is 0 Å². The summed E-state index contributed by atoms with van der Waals surface area (Å²) in [7, 11) is 3.19. The van der Waals surface area contributed by atoms with Gasteiger partial charge in [-0.1, -0.05) is 12.1 Å². The van der Waals surface area contributed by atoms with Crippen molar-refractivity contribution in [2.24, 2.45) is 0 Å². The van der Waals surface area contributed by atoms with E-state index in [2.05, 4.69) is 10.6 Å². The summed E-state index contributed by atoms with van der Waals surface area (Å²) in [6.07, 6.45) is 1.80. The van der Waals surface area contributed by atoms with Crippen molar-refractivity contribution in [3.8, 4) is 17.2 Å². The second kappa shape index (κ2) is 8.44. The number of hydrogen-bond donors (Lipinski definition) is 2. The number of hydrogen-bond acceptors (Lipinski definition) is 5. The molecular formula is C20H22N2O5. The number of nitrogens with one attached hydrogen (secondary N) is 2. The zero-order valence-electron chi connectivity index (χ0n) is 15.3. The molecule has 2 N–H and O–H groups in total. The summed E-state index contributed by atoms with van der Waals surface area (Å²) in [6, 6.07) is 11.0. The van der Waals surface area contributed by atoms with E-state index in [4.69, 9.17) is 14.2 Å². The number of carbonyl (C=O) groups excluding carboxylic acids is 2. The Morgan fingerprint density at radius 1 is 1.19 bits per heavy atom. The standard InChI is InChI=1S/C20H22N2O5/c1-25-16-10-9-13(11-17(16)26-2)5-3-8-18(23)21-14-6-4-7-15-20(14)27-12-19(24)22-15/h4,6-7,9-11H,3,5,8,12H2,1-2H3,(H,21,23)(H,22,24). The molecule has 27 heavy (non-hydrogen) atoms. The summed E-state index contributed by atoms with van der Waals surface area (Å²) in [5.41, 5.74) is 2.20. The third kappa shape index (κ3) is 4.49. The van der Waals surface area contributed by atoms with Crippen LogP contribution in [0.4, 0.5) is 11.4 Å². The summed E-state index contributed by atoms with van der Waals surface area (Å²) in [6.45, 7) is -0.0564. The van der Waals surface area contributed by atoms with Gasteiger partial charge in [-0.3, -0.25) is 9.59 Å². The van der Waals surface area contributed by atoms with Crippen molar-refractivity contribution in [2.75, 3.05) is 31.5 Å². The van der Waals surface area contributed by atoms with Crippen LogP contribution in [-0.4, -0.2) is 32.6 Å². The predicted octanol–water partition coefficient (Wildman–Crippen LogP) is 3.00. The van der Waals surface area contributed by atoms with Gasteiger partial charge in [0.05, 0.1) is 25.6 Å². The van der Waals surface area contributed by atoms with E-state index in [0.717, 1.165) is 12.0 Å². The van der Waals surface area contributed by atoms with E-state index in [9.17, 15) is 9.59 Å². The summed E-state index contributed by atoms with van der Waals surface area (Å²) in [5, 5.41) is 5.57. The number of para-hydroxylation sites is 1. The lowest BCUT2D eigenvalue weighted by Crippen LogP contribution is -2.26. The molecule has 0 radical (unpaired) electrons. The minimum absolute atomic E-state index is 0.0564. The molecule has 2 aromatic carbocycles. The van der Waals surface area contributed by atoms with Gasteiger partial charge in [0, 0.05) is 6.42 Å². The van der Waals surface area contributed by atoms with Crippen LogP contribution >= 0.6 is 0 Å². The average Bonchev–Trinajstić information content (AvgIpc) is 2.67. The zero-order chi connectivity index (χ0) is 19.2. The summed E-state index contributed by atoms with van der Waals surface area (Å²) in [5.74, 6) is 1.53. The Bertz CT molecular complexity index is 850. The van der Waals surface area contributed by atoms with Crippen molar-refractivity contribution in [1.82, 2.24) is 0 Å². The van der Waals surface area contributed by atoms with Crippen LogP contribution in [0.15, 0.2) is 36.4 Å². The molecule has 0 bridgehead atoms. The van der Waals surface area contributed by atoms with Crippen molar-refractivity contribution in [3.05, 3.63) is 42.0 Å². The molecule has 2 aromatic rings. The Kier molecular flexibility index (Phi) is 5.80. The van der Waals surface area contributed by atoms with E-state index in [0.29, 0.717) is 41.5 Å². The number of rotatable bonds is 7. The molecule has 3 rings (SSSR count). The molecule has 0 saturated carbocycles. The monoisotopic (exact) mass is 370 g/mol. The van der Waals surface area contributed by atoms with Gasteiger partial charge in [-0.05, 0) is 42.7 Å². The minimum Gasteiger partial charge on any atom is -0.493 e. The topological polar surface area (TPSA) is 85.9 Å². The van der Waals surface area contributed by atoms with E-state index < -0.39 is 0 Å². The quantitative estimate of drug-likeness (QED) is 0.783. The van der Waals surface area contributed by atoms with Gasteiger partial charge in [0.25, 0.3) is 5.91 Å². The van der Waals surface area contributed by atoms with Crippen molar-refractivity contribution >= 4 is 23.2 Å². The molecule has 142 valence electrons. The number of carbonyl (C=O) groups is 2. The fourth-order valence-corrected chi connectivity index (χ4v) is 2.92. The van der Waals surface area contributed by atoms with Crippen LogP contribution in [0.3, 0.4) is 0 Å². The smallest absolute Gasteiger partial charge is 0.262 e. The van der Waals surface area contributed by atoms with Gasteiger partial charge in [-0.25, -0.2) is 0 Å². The van der Waals surface area contributed by atoms with Crippen LogP contribution < -0.4 is 24.8 Å². The highest BCUT2D eigenvalue weighted by Gasteiger charge is 2.19. The SMILES string of the molecule is COc1ccc(CCCC(=O)Nc2cccc3c2OCC(=O)N3)cc1OC. The first-order valence-electron chi connectivity index (χ1n) is 8.67. The lowest BCUT2D eigenvalue weighted by Gasteiger charge is -2.20. The number of amides is 2. The van der Waals surface area contributed by atoms with Crippen LogP contribution in [0, 0.1) is 0 Å². The molecular weight excluding hydrogens is 348 g/mol. The molecule has 1 aliphatic heterocycles.